The molecule has 35 heavy (non-hydrogen) atoms. The SMILES string of the molecule is Cc1cc(CC(=O)N2CC(F)CC2C(=O)NC(c2ccccc2)c2ccc(C(C)C)cc2)nn1C. The van der Waals surface area contributed by atoms with Crippen LogP contribution in [0.2, 0.25) is 0 Å². The zero-order valence-electron chi connectivity index (χ0n) is 20.7. The maximum Gasteiger partial charge on any atom is 0.243 e. The number of halogens is 1. The van der Waals surface area contributed by atoms with Gasteiger partial charge in [-0.05, 0) is 35.6 Å². The summed E-state index contributed by atoms with van der Waals surface area (Å²) >= 11 is 0. The van der Waals surface area contributed by atoms with Gasteiger partial charge in [0.15, 0.2) is 0 Å². The van der Waals surface area contributed by atoms with Crippen molar-refractivity contribution >= 4 is 11.8 Å². The summed E-state index contributed by atoms with van der Waals surface area (Å²) in [5.41, 5.74) is 4.62. The number of hydrogen-bond acceptors (Lipinski definition) is 3. The van der Waals surface area contributed by atoms with Crippen molar-refractivity contribution in [1.29, 1.82) is 0 Å². The molecule has 0 saturated carbocycles. The molecule has 2 heterocycles. The van der Waals surface area contributed by atoms with Crippen LogP contribution in [0.1, 0.15) is 60.3 Å². The molecule has 3 unspecified atom stereocenters. The predicted molar refractivity (Wildman–Crippen MR) is 134 cm³/mol. The summed E-state index contributed by atoms with van der Waals surface area (Å²) in [6, 6.07) is 18.4. The second-order valence-electron chi connectivity index (χ2n) is 9.65. The van der Waals surface area contributed by atoms with E-state index >= 15 is 0 Å². The van der Waals surface area contributed by atoms with Crippen molar-refractivity contribution in [2.75, 3.05) is 6.54 Å². The maximum atomic E-state index is 14.5. The molecule has 0 bridgehead atoms. The summed E-state index contributed by atoms with van der Waals surface area (Å²) in [4.78, 5) is 27.9. The Kier molecular flexibility index (Phi) is 7.34. The van der Waals surface area contributed by atoms with E-state index in [2.05, 4.69) is 36.4 Å². The molecule has 2 amide bonds. The van der Waals surface area contributed by atoms with Crippen LogP contribution in [0.5, 0.6) is 0 Å². The number of aryl methyl sites for hydroxylation is 2. The Labute approximate surface area is 206 Å². The number of carbonyl (C=O) groups excluding carboxylic acids is 2. The molecule has 0 aliphatic carbocycles. The predicted octanol–water partition coefficient (Wildman–Crippen LogP) is 4.24. The molecular formula is C28H33FN4O2. The van der Waals surface area contributed by atoms with Crippen molar-refractivity contribution in [3.05, 3.63) is 88.7 Å². The first-order valence-electron chi connectivity index (χ1n) is 12.1. The molecule has 1 saturated heterocycles. The van der Waals surface area contributed by atoms with Crippen molar-refractivity contribution in [1.82, 2.24) is 20.0 Å². The summed E-state index contributed by atoms with van der Waals surface area (Å²) in [5, 5.41) is 7.44. The molecule has 184 valence electrons. The molecule has 6 nitrogen and oxygen atoms in total. The average molecular weight is 477 g/mol. The van der Waals surface area contributed by atoms with E-state index in [0.29, 0.717) is 11.6 Å². The van der Waals surface area contributed by atoms with Crippen molar-refractivity contribution in [2.45, 2.75) is 57.8 Å². The minimum atomic E-state index is -1.24. The van der Waals surface area contributed by atoms with Gasteiger partial charge in [0, 0.05) is 19.2 Å². The van der Waals surface area contributed by atoms with Crippen molar-refractivity contribution in [2.24, 2.45) is 7.05 Å². The largest absolute Gasteiger partial charge is 0.343 e. The zero-order chi connectivity index (χ0) is 25.1. The van der Waals surface area contributed by atoms with Crippen LogP contribution in [0, 0.1) is 6.92 Å². The number of hydrogen-bond donors (Lipinski definition) is 1. The molecule has 1 aliphatic rings. The molecule has 7 heteroatoms. The molecular weight excluding hydrogens is 443 g/mol. The van der Waals surface area contributed by atoms with Crippen molar-refractivity contribution < 1.29 is 14.0 Å². The topological polar surface area (TPSA) is 67.2 Å². The summed E-state index contributed by atoms with van der Waals surface area (Å²) in [6.45, 7) is 6.09. The van der Waals surface area contributed by atoms with E-state index in [0.717, 1.165) is 16.8 Å². The number of nitrogens with zero attached hydrogens (tertiary/aromatic N) is 3. The van der Waals surface area contributed by atoms with Gasteiger partial charge in [0.25, 0.3) is 0 Å². The monoisotopic (exact) mass is 476 g/mol. The van der Waals surface area contributed by atoms with Crippen LogP contribution in [0.15, 0.2) is 60.7 Å². The number of carbonyl (C=O) groups is 2. The highest BCUT2D eigenvalue weighted by Gasteiger charge is 2.40. The average Bonchev–Trinajstić information content (AvgIpc) is 3.39. The Balaban J connectivity index is 1.55. The van der Waals surface area contributed by atoms with Crippen LogP contribution >= 0.6 is 0 Å². The number of likely N-dealkylation sites (tertiary alicyclic amines) is 1. The van der Waals surface area contributed by atoms with Crippen molar-refractivity contribution in [3.63, 3.8) is 0 Å². The first-order chi connectivity index (χ1) is 16.7. The number of alkyl halides is 1. The van der Waals surface area contributed by atoms with Gasteiger partial charge >= 0.3 is 0 Å². The molecule has 3 atom stereocenters. The van der Waals surface area contributed by atoms with Crippen LogP contribution in [0.25, 0.3) is 0 Å². The second-order valence-corrected chi connectivity index (χ2v) is 9.65. The molecule has 3 aromatic rings. The van der Waals surface area contributed by atoms with Gasteiger partial charge in [0.2, 0.25) is 11.8 Å². The third-order valence-corrected chi connectivity index (χ3v) is 6.73. The van der Waals surface area contributed by atoms with Gasteiger partial charge in [0.1, 0.15) is 12.2 Å². The fraction of sp³-hybridized carbons (Fsp3) is 0.393. The van der Waals surface area contributed by atoms with Gasteiger partial charge in [-0.3, -0.25) is 14.3 Å². The summed E-state index contributed by atoms with van der Waals surface area (Å²) in [6.07, 6.45) is -1.20. The summed E-state index contributed by atoms with van der Waals surface area (Å²) in [7, 11) is 1.81. The zero-order valence-corrected chi connectivity index (χ0v) is 20.7. The fourth-order valence-corrected chi connectivity index (χ4v) is 4.60. The van der Waals surface area contributed by atoms with Crippen LogP contribution in [0.4, 0.5) is 4.39 Å². The lowest BCUT2D eigenvalue weighted by Crippen LogP contribution is -2.47. The molecule has 1 N–H and O–H groups in total. The Hall–Kier alpha value is -3.48. The normalized spacial score (nSPS) is 18.6. The third-order valence-electron chi connectivity index (χ3n) is 6.73. The number of amides is 2. The molecule has 1 fully saturated rings. The van der Waals surface area contributed by atoms with Gasteiger partial charge in [-0.25, -0.2) is 4.39 Å². The third kappa shape index (κ3) is 5.61. The lowest BCUT2D eigenvalue weighted by Gasteiger charge is -2.27. The van der Waals surface area contributed by atoms with Crippen LogP contribution < -0.4 is 5.32 Å². The van der Waals surface area contributed by atoms with Gasteiger partial charge < -0.3 is 10.2 Å². The van der Waals surface area contributed by atoms with Crippen molar-refractivity contribution in [3.8, 4) is 0 Å². The number of nitrogens with one attached hydrogen (secondary N) is 1. The lowest BCUT2D eigenvalue weighted by atomic mass is 9.95. The Morgan fingerprint density at radius 3 is 2.29 bits per heavy atom. The quantitative estimate of drug-likeness (QED) is 0.555. The number of benzene rings is 2. The number of rotatable bonds is 7. The van der Waals surface area contributed by atoms with E-state index in [1.165, 1.54) is 10.5 Å². The van der Waals surface area contributed by atoms with E-state index < -0.39 is 18.3 Å². The molecule has 1 aromatic heterocycles. The summed E-state index contributed by atoms with van der Waals surface area (Å²) in [5.74, 6) is -0.241. The summed E-state index contributed by atoms with van der Waals surface area (Å²) < 4.78 is 16.2. The van der Waals surface area contributed by atoms with Gasteiger partial charge in [-0.15, -0.1) is 0 Å². The Bertz CT molecular complexity index is 1150. The number of aromatic nitrogens is 2. The second kappa shape index (κ2) is 10.4. The van der Waals surface area contributed by atoms with E-state index in [4.69, 9.17) is 0 Å². The van der Waals surface area contributed by atoms with E-state index in [-0.39, 0.29) is 31.2 Å². The van der Waals surface area contributed by atoms with E-state index in [1.54, 1.807) is 4.68 Å². The smallest absolute Gasteiger partial charge is 0.243 e. The standard InChI is InChI=1S/C28H33FN4O2/c1-18(2)20-10-12-22(13-11-20)27(21-8-6-5-7-9-21)30-28(35)25-15-23(29)17-33(25)26(34)16-24-14-19(3)32(4)31-24/h5-14,18,23,25,27H,15-17H2,1-4H3,(H,30,35). The van der Waals surface area contributed by atoms with Crippen LogP contribution in [0.3, 0.4) is 0 Å². The maximum absolute atomic E-state index is 14.5. The van der Waals surface area contributed by atoms with Gasteiger partial charge in [0.05, 0.1) is 24.7 Å². The Morgan fingerprint density at radius 1 is 1.06 bits per heavy atom. The highest BCUT2D eigenvalue weighted by atomic mass is 19.1. The van der Waals surface area contributed by atoms with Crippen LogP contribution in [-0.2, 0) is 23.1 Å². The highest BCUT2D eigenvalue weighted by molar-refractivity contribution is 5.89. The minimum Gasteiger partial charge on any atom is -0.343 e. The molecule has 4 rings (SSSR count). The molecule has 1 aliphatic heterocycles. The van der Waals surface area contributed by atoms with Crippen LogP contribution in [-0.4, -0.2) is 45.3 Å². The fourth-order valence-electron chi connectivity index (χ4n) is 4.60. The molecule has 2 aromatic carbocycles. The van der Waals surface area contributed by atoms with E-state index in [9.17, 15) is 14.0 Å². The Morgan fingerprint density at radius 2 is 1.69 bits per heavy atom. The molecule has 0 radical (unpaired) electrons. The lowest BCUT2D eigenvalue weighted by molar-refractivity contribution is -0.138. The minimum absolute atomic E-state index is 0.00733. The first kappa shape index (κ1) is 24.6. The highest BCUT2D eigenvalue weighted by Crippen LogP contribution is 2.27. The van der Waals surface area contributed by atoms with Gasteiger partial charge in [-0.1, -0.05) is 68.4 Å². The molecule has 0 spiro atoms. The van der Waals surface area contributed by atoms with Gasteiger partial charge in [-0.2, -0.15) is 5.10 Å². The van der Waals surface area contributed by atoms with E-state index in [1.807, 2.05) is 62.5 Å². The first-order valence-corrected chi connectivity index (χ1v) is 12.1.